The maximum absolute atomic E-state index is 2.52. The van der Waals surface area contributed by atoms with E-state index < -0.39 is 0 Å². The van der Waals surface area contributed by atoms with Gasteiger partial charge >= 0.3 is 0 Å². The van der Waals surface area contributed by atoms with E-state index in [0.29, 0.717) is 0 Å². The van der Waals surface area contributed by atoms with Crippen molar-refractivity contribution in [2.75, 3.05) is 4.90 Å². The van der Waals surface area contributed by atoms with Gasteiger partial charge in [-0.1, -0.05) is 127 Å². The van der Waals surface area contributed by atoms with Gasteiger partial charge in [0.15, 0.2) is 0 Å². The molecule has 2 heteroatoms. The molecule has 0 unspecified atom stereocenters. The van der Waals surface area contributed by atoms with Crippen molar-refractivity contribution in [2.24, 2.45) is 0 Å². The lowest BCUT2D eigenvalue weighted by Crippen LogP contribution is -2.59. The molecule has 0 saturated carbocycles. The van der Waals surface area contributed by atoms with Crippen molar-refractivity contribution in [2.45, 2.75) is 99.3 Å². The van der Waals surface area contributed by atoms with Crippen LogP contribution in [0.4, 0.5) is 17.1 Å². The monoisotopic (exact) mass is 541 g/mol. The lowest BCUT2D eigenvalue weighted by atomic mass is 9.33. The Balaban J connectivity index is 1.86. The molecule has 41 heavy (non-hydrogen) atoms. The molecule has 1 aliphatic rings. The van der Waals surface area contributed by atoms with Crippen molar-refractivity contribution < 1.29 is 0 Å². The van der Waals surface area contributed by atoms with Gasteiger partial charge in [-0.05, 0) is 94.5 Å². The number of hydrogen-bond donors (Lipinski definition) is 0. The summed E-state index contributed by atoms with van der Waals surface area (Å²) in [6.07, 6.45) is 0. The number of nitrogens with zero attached hydrogens (tertiary/aromatic N) is 1. The Labute approximate surface area is 250 Å². The first-order chi connectivity index (χ1) is 19.0. The fourth-order valence-electron chi connectivity index (χ4n) is 6.39. The van der Waals surface area contributed by atoms with Gasteiger partial charge in [-0.2, -0.15) is 0 Å². The smallest absolute Gasteiger partial charge is 0.247 e. The van der Waals surface area contributed by atoms with Crippen LogP contribution in [0.25, 0.3) is 0 Å². The Morgan fingerprint density at radius 1 is 0.488 bits per heavy atom. The van der Waals surface area contributed by atoms with E-state index >= 15 is 0 Å². The summed E-state index contributed by atoms with van der Waals surface area (Å²) >= 11 is 0. The molecule has 0 amide bonds. The maximum Gasteiger partial charge on any atom is 0.247 e. The Bertz CT molecular complexity index is 1600. The van der Waals surface area contributed by atoms with E-state index in [9.17, 15) is 0 Å². The van der Waals surface area contributed by atoms with Gasteiger partial charge in [-0.3, -0.25) is 0 Å². The fraction of sp³-hybridized carbons (Fsp3) is 0.385. The van der Waals surface area contributed by atoms with Crippen molar-refractivity contribution in [3.8, 4) is 0 Å². The molecule has 0 N–H and O–H groups in total. The minimum atomic E-state index is 0.0592. The van der Waals surface area contributed by atoms with Gasteiger partial charge in [0.05, 0.1) is 0 Å². The van der Waals surface area contributed by atoms with Gasteiger partial charge < -0.3 is 4.90 Å². The number of hydrogen-bond acceptors (Lipinski definition) is 1. The molecule has 0 radical (unpaired) electrons. The molecule has 0 bridgehead atoms. The second-order valence-electron chi connectivity index (χ2n) is 15.4. The van der Waals surface area contributed by atoms with Crippen LogP contribution >= 0.6 is 0 Å². The molecule has 4 aromatic rings. The minimum absolute atomic E-state index is 0.0592. The molecule has 0 fully saturated rings. The van der Waals surface area contributed by atoms with Crippen LogP contribution in [0.15, 0.2) is 72.8 Å². The lowest BCUT2D eigenvalue weighted by Gasteiger charge is -2.40. The molecule has 5 rings (SSSR count). The van der Waals surface area contributed by atoms with Gasteiger partial charge in [0, 0.05) is 17.1 Å². The Morgan fingerprint density at radius 2 is 1.00 bits per heavy atom. The van der Waals surface area contributed by atoms with E-state index in [0.717, 1.165) is 0 Å². The van der Waals surface area contributed by atoms with Gasteiger partial charge in [0.1, 0.15) is 0 Å². The summed E-state index contributed by atoms with van der Waals surface area (Å²) < 4.78 is 0. The van der Waals surface area contributed by atoms with Crippen molar-refractivity contribution in [1.82, 2.24) is 0 Å². The van der Waals surface area contributed by atoms with Crippen LogP contribution in [0.1, 0.15) is 95.7 Å². The van der Waals surface area contributed by atoms with Crippen molar-refractivity contribution >= 4 is 40.2 Å². The molecule has 0 aliphatic carbocycles. The summed E-state index contributed by atoms with van der Waals surface area (Å²) in [5.41, 5.74) is 16.4. The average molecular weight is 542 g/mol. The highest BCUT2D eigenvalue weighted by Gasteiger charge is 2.38. The summed E-state index contributed by atoms with van der Waals surface area (Å²) in [6, 6.07) is 28.4. The largest absolute Gasteiger partial charge is 0.312 e. The second kappa shape index (κ2) is 9.93. The highest BCUT2D eigenvalue weighted by Crippen LogP contribution is 2.39. The highest BCUT2D eigenvalue weighted by molar-refractivity contribution is 6.98. The van der Waals surface area contributed by atoms with Crippen LogP contribution in [0, 0.1) is 20.8 Å². The van der Waals surface area contributed by atoms with E-state index in [4.69, 9.17) is 0 Å². The molecule has 0 aromatic heterocycles. The number of aryl methyl sites for hydroxylation is 3. The summed E-state index contributed by atoms with van der Waals surface area (Å²) in [7, 11) is 0. The van der Waals surface area contributed by atoms with E-state index in [1.165, 1.54) is 66.8 Å². The predicted molar refractivity (Wildman–Crippen MR) is 183 cm³/mol. The number of fused-ring (bicyclic) bond motifs is 2. The summed E-state index contributed by atoms with van der Waals surface area (Å²) in [6.45, 7) is 27.8. The first kappa shape index (κ1) is 29.2. The number of benzene rings is 4. The predicted octanol–water partition coefficient (Wildman–Crippen LogP) is 8.80. The molecule has 1 heterocycles. The molecule has 1 aliphatic heterocycles. The highest BCUT2D eigenvalue weighted by atomic mass is 15.1. The molecular weight excluding hydrogens is 493 g/mol. The lowest BCUT2D eigenvalue weighted by molar-refractivity contribution is 0.590. The zero-order valence-electron chi connectivity index (χ0n) is 27.5. The van der Waals surface area contributed by atoms with E-state index in [1.54, 1.807) is 0 Å². The third kappa shape index (κ3) is 5.39. The van der Waals surface area contributed by atoms with Gasteiger partial charge in [-0.15, -0.1) is 0 Å². The quantitative estimate of drug-likeness (QED) is 0.202. The van der Waals surface area contributed by atoms with Crippen LogP contribution in [-0.2, 0) is 16.2 Å². The number of anilines is 3. The maximum atomic E-state index is 2.52. The topological polar surface area (TPSA) is 3.24 Å². The van der Waals surface area contributed by atoms with Crippen LogP contribution in [0.2, 0.25) is 0 Å². The Morgan fingerprint density at radius 3 is 1.56 bits per heavy atom. The van der Waals surface area contributed by atoms with Gasteiger partial charge in [0.2, 0.25) is 6.71 Å². The Kier molecular flexibility index (Phi) is 7.09. The molecule has 212 valence electrons. The normalized spacial score (nSPS) is 13.8. The Hall–Kier alpha value is -3.26. The summed E-state index contributed by atoms with van der Waals surface area (Å²) in [5.74, 6) is 0. The first-order valence-corrected chi connectivity index (χ1v) is 15.2. The molecule has 0 spiro atoms. The van der Waals surface area contributed by atoms with Crippen molar-refractivity contribution in [1.29, 1.82) is 0 Å². The summed E-state index contributed by atoms with van der Waals surface area (Å²) in [4.78, 5) is 2.52. The summed E-state index contributed by atoms with van der Waals surface area (Å²) in [5, 5.41) is 0. The minimum Gasteiger partial charge on any atom is -0.312 e. The van der Waals surface area contributed by atoms with Crippen LogP contribution in [-0.4, -0.2) is 6.71 Å². The van der Waals surface area contributed by atoms with Crippen molar-refractivity contribution in [3.05, 3.63) is 106 Å². The number of rotatable bonds is 2. The second-order valence-corrected chi connectivity index (χ2v) is 15.4. The third-order valence-electron chi connectivity index (χ3n) is 8.93. The fourth-order valence-corrected chi connectivity index (χ4v) is 6.39. The van der Waals surface area contributed by atoms with Gasteiger partial charge in [-0.25, -0.2) is 0 Å². The zero-order valence-corrected chi connectivity index (χ0v) is 27.5. The molecule has 0 atom stereocenters. The molecule has 0 saturated heterocycles. The van der Waals surface area contributed by atoms with E-state index in [-0.39, 0.29) is 23.0 Å². The van der Waals surface area contributed by atoms with Crippen molar-refractivity contribution in [3.63, 3.8) is 0 Å². The average Bonchev–Trinajstić information content (AvgIpc) is 2.86. The van der Waals surface area contributed by atoms with Crippen LogP contribution < -0.4 is 21.3 Å². The van der Waals surface area contributed by atoms with E-state index in [2.05, 4.69) is 161 Å². The molecular formula is C39H48BN. The first-order valence-electron chi connectivity index (χ1n) is 15.2. The third-order valence-corrected chi connectivity index (χ3v) is 8.93. The zero-order chi connectivity index (χ0) is 30.1. The molecule has 4 aromatic carbocycles. The van der Waals surface area contributed by atoms with Crippen LogP contribution in [0.3, 0.4) is 0 Å². The SMILES string of the molecule is Cc1cc(C)c2c(c1)N(c1ccc(C(C)(C)C)cc1)c1ccc(C(C)(C)C)cc1B2c1cc(C(C)(C)C)ccc1C. The molecule has 1 nitrogen and oxygen atoms in total. The van der Waals surface area contributed by atoms with Crippen LogP contribution in [0.5, 0.6) is 0 Å². The standard InChI is InChI=1S/C39H48BN/c1-25-21-27(3)36-35(22-25)41(31-18-15-28(16-19-31)37(4,5)6)34-20-17-30(39(10,11)12)24-33(34)40(36)32-23-29(38(7,8)9)14-13-26(32)2/h13-24H,1-12H3. The van der Waals surface area contributed by atoms with E-state index in [1.807, 2.05) is 0 Å². The van der Waals surface area contributed by atoms with Gasteiger partial charge in [0.25, 0.3) is 0 Å².